The molecule has 0 aliphatic rings. The van der Waals surface area contributed by atoms with Gasteiger partial charge >= 0.3 is 0 Å². The molecule has 0 aliphatic heterocycles. The molecule has 0 saturated carbocycles. The van der Waals surface area contributed by atoms with Crippen molar-refractivity contribution in [1.29, 1.82) is 0 Å². The molecule has 0 aliphatic carbocycles. The maximum Gasteiger partial charge on any atom is 0.258 e. The molecular formula is C13H16BrN3O2S. The zero-order valence-electron chi connectivity index (χ0n) is 11.2. The Morgan fingerprint density at radius 3 is 2.55 bits per heavy atom. The first kappa shape index (κ1) is 15.2. The molecule has 7 heteroatoms. The van der Waals surface area contributed by atoms with Crippen molar-refractivity contribution in [2.45, 2.75) is 31.3 Å². The van der Waals surface area contributed by atoms with Crippen LogP contribution in [0.1, 0.15) is 31.3 Å². The molecule has 0 amide bonds. The van der Waals surface area contributed by atoms with Crippen molar-refractivity contribution >= 4 is 26.0 Å². The fourth-order valence-corrected chi connectivity index (χ4v) is 3.21. The molecule has 1 aromatic carbocycles. The number of aromatic amines is 1. The van der Waals surface area contributed by atoms with E-state index in [2.05, 4.69) is 30.6 Å². The lowest BCUT2D eigenvalue weighted by Crippen LogP contribution is -2.27. The predicted molar refractivity (Wildman–Crippen MR) is 80.8 cm³/mol. The van der Waals surface area contributed by atoms with Crippen LogP contribution in [-0.2, 0) is 16.4 Å². The summed E-state index contributed by atoms with van der Waals surface area (Å²) >= 11 is 3.35. The van der Waals surface area contributed by atoms with E-state index in [0.717, 1.165) is 10.0 Å². The second-order valence-electron chi connectivity index (χ2n) is 4.44. The lowest BCUT2D eigenvalue weighted by Gasteiger charge is -2.13. The standard InChI is InChI=1S/C13H16BrN3O2S/c1-3-12-15-8-13(16-12)20(18,19)17-9(2)10-4-6-11(14)7-5-10/h4-9,17H,3H2,1-2H3,(H,15,16)/t9-/m1/s1. The van der Waals surface area contributed by atoms with Gasteiger partial charge in [0.25, 0.3) is 10.0 Å². The van der Waals surface area contributed by atoms with E-state index in [1.54, 1.807) is 6.92 Å². The molecule has 1 atom stereocenters. The van der Waals surface area contributed by atoms with Gasteiger partial charge in [0.05, 0.1) is 6.20 Å². The molecule has 108 valence electrons. The topological polar surface area (TPSA) is 74.8 Å². The van der Waals surface area contributed by atoms with Gasteiger partial charge < -0.3 is 4.98 Å². The number of nitrogens with one attached hydrogen (secondary N) is 2. The van der Waals surface area contributed by atoms with Crippen LogP contribution < -0.4 is 4.72 Å². The van der Waals surface area contributed by atoms with E-state index in [9.17, 15) is 8.42 Å². The highest BCUT2D eigenvalue weighted by molar-refractivity contribution is 9.10. The Kier molecular flexibility index (Phi) is 4.62. The summed E-state index contributed by atoms with van der Waals surface area (Å²) in [4.78, 5) is 6.81. The van der Waals surface area contributed by atoms with Crippen LogP contribution in [0.4, 0.5) is 0 Å². The van der Waals surface area contributed by atoms with E-state index < -0.39 is 10.0 Å². The van der Waals surface area contributed by atoms with Crippen LogP contribution in [0.2, 0.25) is 0 Å². The SMILES string of the molecule is CCc1ncc(S(=O)(=O)N[C@H](C)c2ccc(Br)cc2)[nH]1. The van der Waals surface area contributed by atoms with E-state index >= 15 is 0 Å². The number of benzene rings is 1. The van der Waals surface area contributed by atoms with Gasteiger partial charge in [-0.1, -0.05) is 35.0 Å². The molecule has 0 saturated heterocycles. The van der Waals surface area contributed by atoms with E-state index in [-0.39, 0.29) is 11.1 Å². The van der Waals surface area contributed by atoms with Crippen LogP contribution in [0.15, 0.2) is 40.0 Å². The zero-order chi connectivity index (χ0) is 14.8. The lowest BCUT2D eigenvalue weighted by molar-refractivity contribution is 0.563. The molecule has 0 radical (unpaired) electrons. The summed E-state index contributed by atoms with van der Waals surface area (Å²) in [6.07, 6.45) is 2.01. The van der Waals surface area contributed by atoms with Gasteiger partial charge in [0.15, 0.2) is 5.03 Å². The largest absolute Gasteiger partial charge is 0.332 e. The zero-order valence-corrected chi connectivity index (χ0v) is 13.6. The quantitative estimate of drug-likeness (QED) is 0.863. The van der Waals surface area contributed by atoms with Crippen molar-refractivity contribution in [3.05, 3.63) is 46.3 Å². The van der Waals surface area contributed by atoms with Gasteiger partial charge in [-0.25, -0.2) is 18.1 Å². The summed E-state index contributed by atoms with van der Waals surface area (Å²) < 4.78 is 28.0. The minimum Gasteiger partial charge on any atom is -0.332 e. The Hall–Kier alpha value is -1.18. The van der Waals surface area contributed by atoms with Crippen molar-refractivity contribution < 1.29 is 8.42 Å². The molecule has 1 heterocycles. The molecule has 0 spiro atoms. The summed E-state index contributed by atoms with van der Waals surface area (Å²) in [5.74, 6) is 0.654. The summed E-state index contributed by atoms with van der Waals surface area (Å²) in [6, 6.07) is 7.20. The van der Waals surface area contributed by atoms with Gasteiger partial charge in [0.2, 0.25) is 0 Å². The third kappa shape index (κ3) is 3.47. The first-order chi connectivity index (χ1) is 9.42. The van der Waals surface area contributed by atoms with Gasteiger partial charge in [0.1, 0.15) is 5.82 Å². The average molecular weight is 358 g/mol. The summed E-state index contributed by atoms with van der Waals surface area (Å²) in [5.41, 5.74) is 0.895. The van der Waals surface area contributed by atoms with Gasteiger partial charge in [-0.05, 0) is 24.6 Å². The molecular weight excluding hydrogens is 342 g/mol. The number of aromatic nitrogens is 2. The van der Waals surface area contributed by atoms with Gasteiger partial charge in [-0.3, -0.25) is 0 Å². The van der Waals surface area contributed by atoms with Crippen molar-refractivity contribution in [2.24, 2.45) is 0 Å². The highest BCUT2D eigenvalue weighted by atomic mass is 79.9. The molecule has 0 fully saturated rings. The average Bonchev–Trinajstić information content (AvgIpc) is 2.88. The maximum absolute atomic E-state index is 12.2. The molecule has 2 aromatic rings. The monoisotopic (exact) mass is 357 g/mol. The normalized spacial score (nSPS) is 13.3. The lowest BCUT2D eigenvalue weighted by atomic mass is 10.1. The fourth-order valence-electron chi connectivity index (χ4n) is 1.78. The second kappa shape index (κ2) is 6.07. The summed E-state index contributed by atoms with van der Waals surface area (Å²) in [5, 5.41) is 0.0957. The number of imidazole rings is 1. The number of halogens is 1. The van der Waals surface area contributed by atoms with Crippen LogP contribution in [0, 0.1) is 0 Å². The first-order valence-electron chi connectivity index (χ1n) is 6.24. The van der Waals surface area contributed by atoms with Crippen molar-refractivity contribution in [3.63, 3.8) is 0 Å². The van der Waals surface area contributed by atoms with Crippen LogP contribution in [0.3, 0.4) is 0 Å². The predicted octanol–water partition coefficient (Wildman–Crippen LogP) is 2.77. The third-order valence-corrected chi connectivity index (χ3v) is 4.91. The molecule has 5 nitrogen and oxygen atoms in total. The number of aryl methyl sites for hydroxylation is 1. The van der Waals surface area contributed by atoms with Gasteiger partial charge in [-0.15, -0.1) is 0 Å². The Balaban J connectivity index is 2.17. The summed E-state index contributed by atoms with van der Waals surface area (Å²) in [7, 11) is -3.59. The number of nitrogens with zero attached hydrogens (tertiary/aromatic N) is 1. The van der Waals surface area contributed by atoms with E-state index in [1.165, 1.54) is 6.20 Å². The van der Waals surface area contributed by atoms with Gasteiger partial charge in [0, 0.05) is 16.9 Å². The van der Waals surface area contributed by atoms with Crippen molar-refractivity contribution in [2.75, 3.05) is 0 Å². The maximum atomic E-state index is 12.2. The number of hydrogen-bond acceptors (Lipinski definition) is 3. The second-order valence-corrected chi connectivity index (χ2v) is 7.04. The Bertz CT molecular complexity index is 680. The molecule has 1 aromatic heterocycles. The Morgan fingerprint density at radius 2 is 2.00 bits per heavy atom. The Morgan fingerprint density at radius 1 is 1.35 bits per heavy atom. The third-order valence-electron chi connectivity index (χ3n) is 2.93. The number of H-pyrrole nitrogens is 1. The van der Waals surface area contributed by atoms with E-state index in [1.807, 2.05) is 31.2 Å². The molecule has 2 N–H and O–H groups in total. The van der Waals surface area contributed by atoms with Crippen LogP contribution in [0.5, 0.6) is 0 Å². The van der Waals surface area contributed by atoms with Crippen molar-refractivity contribution in [3.8, 4) is 0 Å². The smallest absolute Gasteiger partial charge is 0.258 e. The minimum absolute atomic E-state index is 0.0957. The van der Waals surface area contributed by atoms with Gasteiger partial charge in [-0.2, -0.15) is 0 Å². The fraction of sp³-hybridized carbons (Fsp3) is 0.308. The Labute approximate surface area is 127 Å². The highest BCUT2D eigenvalue weighted by Crippen LogP contribution is 2.18. The first-order valence-corrected chi connectivity index (χ1v) is 8.51. The van der Waals surface area contributed by atoms with Crippen LogP contribution >= 0.6 is 15.9 Å². The summed E-state index contributed by atoms with van der Waals surface area (Å²) in [6.45, 7) is 3.71. The molecule has 0 unspecified atom stereocenters. The number of rotatable bonds is 5. The van der Waals surface area contributed by atoms with Crippen LogP contribution in [-0.4, -0.2) is 18.4 Å². The van der Waals surface area contributed by atoms with Crippen molar-refractivity contribution in [1.82, 2.24) is 14.7 Å². The van der Waals surface area contributed by atoms with Crippen LogP contribution in [0.25, 0.3) is 0 Å². The molecule has 2 rings (SSSR count). The van der Waals surface area contributed by atoms with E-state index in [0.29, 0.717) is 12.2 Å². The molecule has 0 bridgehead atoms. The molecule has 20 heavy (non-hydrogen) atoms. The minimum atomic E-state index is -3.59. The van der Waals surface area contributed by atoms with E-state index in [4.69, 9.17) is 0 Å². The number of sulfonamides is 1. The highest BCUT2D eigenvalue weighted by Gasteiger charge is 2.20. The number of hydrogen-bond donors (Lipinski definition) is 2.